The van der Waals surface area contributed by atoms with E-state index in [0.29, 0.717) is 0 Å². The van der Waals surface area contributed by atoms with Gasteiger partial charge in [-0.1, -0.05) is 25.5 Å². The minimum absolute atomic E-state index is 0.100. The van der Waals surface area contributed by atoms with Crippen LogP contribution in [0.4, 0.5) is 0 Å². The fourth-order valence-corrected chi connectivity index (χ4v) is 3.35. The summed E-state index contributed by atoms with van der Waals surface area (Å²) in [4.78, 5) is 17.0. The number of benzene rings is 1. The van der Waals surface area contributed by atoms with Crippen LogP contribution < -0.4 is 4.18 Å². The highest BCUT2D eigenvalue weighted by atomic mass is 32.2. The van der Waals surface area contributed by atoms with Crippen LogP contribution in [0.3, 0.4) is 0 Å². The molecule has 1 amide bonds. The van der Waals surface area contributed by atoms with Crippen molar-refractivity contribution in [3.05, 3.63) is 35.9 Å². The molecule has 1 fully saturated rings. The first-order valence-corrected chi connectivity index (χ1v) is 10.4. The van der Waals surface area contributed by atoms with Crippen LogP contribution in [0.1, 0.15) is 38.2 Å². The predicted molar refractivity (Wildman–Crippen MR) is 107 cm³/mol. The van der Waals surface area contributed by atoms with E-state index in [1.54, 1.807) is 6.08 Å². The van der Waals surface area contributed by atoms with E-state index in [4.69, 9.17) is 4.18 Å². The third-order valence-corrected chi connectivity index (χ3v) is 4.78. The van der Waals surface area contributed by atoms with Crippen LogP contribution in [0.15, 0.2) is 30.3 Å². The SMILES string of the molecule is CCCN(CCN1CCCCC1)C(=O)/C=C/c1ccc(OSC)cc1. The second-order valence-corrected chi connectivity index (χ2v) is 6.88. The van der Waals surface area contributed by atoms with Crippen molar-refractivity contribution in [2.45, 2.75) is 32.6 Å². The van der Waals surface area contributed by atoms with Crippen molar-refractivity contribution < 1.29 is 8.98 Å². The maximum Gasteiger partial charge on any atom is 0.246 e. The standard InChI is InChI=1S/C20H30N2O2S/c1-3-13-22(17-16-21-14-5-4-6-15-21)20(23)12-9-18-7-10-19(11-8-18)24-25-2/h7-12H,3-6,13-17H2,1-2H3/b12-9+. The maximum absolute atomic E-state index is 12.5. The molecule has 4 nitrogen and oxygen atoms in total. The quantitative estimate of drug-likeness (QED) is 0.489. The van der Waals surface area contributed by atoms with Gasteiger partial charge in [0.1, 0.15) is 5.75 Å². The highest BCUT2D eigenvalue weighted by Gasteiger charge is 2.14. The van der Waals surface area contributed by atoms with E-state index < -0.39 is 0 Å². The Morgan fingerprint density at radius 3 is 2.56 bits per heavy atom. The molecular weight excluding hydrogens is 332 g/mol. The van der Waals surface area contributed by atoms with E-state index in [0.717, 1.165) is 37.4 Å². The lowest BCUT2D eigenvalue weighted by Crippen LogP contribution is -2.40. The van der Waals surface area contributed by atoms with Crippen molar-refractivity contribution in [1.29, 1.82) is 0 Å². The first kappa shape index (κ1) is 19.9. The van der Waals surface area contributed by atoms with E-state index in [1.165, 1.54) is 44.4 Å². The molecule has 0 radical (unpaired) electrons. The molecule has 1 aromatic carbocycles. The molecule has 5 heteroatoms. The Balaban J connectivity index is 1.87. The Labute approximate surface area is 156 Å². The van der Waals surface area contributed by atoms with E-state index in [1.807, 2.05) is 41.5 Å². The molecule has 0 N–H and O–H groups in total. The summed E-state index contributed by atoms with van der Waals surface area (Å²) < 4.78 is 5.36. The number of carbonyl (C=O) groups excluding carboxylic acids is 1. The second kappa shape index (κ2) is 11.2. The molecule has 25 heavy (non-hydrogen) atoms. The van der Waals surface area contributed by atoms with Crippen molar-refractivity contribution in [2.24, 2.45) is 0 Å². The zero-order valence-electron chi connectivity index (χ0n) is 15.4. The topological polar surface area (TPSA) is 32.8 Å². The van der Waals surface area contributed by atoms with Gasteiger partial charge in [-0.2, -0.15) is 0 Å². The van der Waals surface area contributed by atoms with Gasteiger partial charge in [0.05, 0.1) is 12.0 Å². The number of hydrogen-bond donors (Lipinski definition) is 0. The van der Waals surface area contributed by atoms with Crippen LogP contribution in [0.5, 0.6) is 5.75 Å². The Morgan fingerprint density at radius 1 is 1.20 bits per heavy atom. The Bertz CT molecular complexity index is 539. The van der Waals surface area contributed by atoms with Gasteiger partial charge in [0.15, 0.2) is 0 Å². The zero-order chi connectivity index (χ0) is 17.9. The molecule has 0 bridgehead atoms. The van der Waals surface area contributed by atoms with Gasteiger partial charge < -0.3 is 14.0 Å². The smallest absolute Gasteiger partial charge is 0.246 e. The Hall–Kier alpha value is -1.46. The van der Waals surface area contributed by atoms with Crippen molar-refractivity contribution in [3.8, 4) is 5.75 Å². The summed E-state index contributed by atoms with van der Waals surface area (Å²) in [6, 6.07) is 7.77. The van der Waals surface area contributed by atoms with Gasteiger partial charge in [-0.25, -0.2) is 0 Å². The Morgan fingerprint density at radius 2 is 1.92 bits per heavy atom. The van der Waals surface area contributed by atoms with E-state index >= 15 is 0 Å². The summed E-state index contributed by atoms with van der Waals surface area (Å²) in [5.41, 5.74) is 1.01. The van der Waals surface area contributed by atoms with Gasteiger partial charge in [0.2, 0.25) is 5.91 Å². The summed E-state index contributed by atoms with van der Waals surface area (Å²) in [6.45, 7) is 7.09. The average Bonchev–Trinajstić information content (AvgIpc) is 2.65. The van der Waals surface area contributed by atoms with Gasteiger partial charge in [0, 0.05) is 32.0 Å². The molecule has 2 rings (SSSR count). The van der Waals surface area contributed by atoms with Gasteiger partial charge in [-0.3, -0.25) is 4.79 Å². The van der Waals surface area contributed by atoms with Crippen LogP contribution >= 0.6 is 12.0 Å². The van der Waals surface area contributed by atoms with E-state index in [-0.39, 0.29) is 5.91 Å². The van der Waals surface area contributed by atoms with Crippen molar-refractivity contribution in [3.63, 3.8) is 0 Å². The molecule has 1 aliphatic heterocycles. The van der Waals surface area contributed by atoms with Crippen LogP contribution in [0, 0.1) is 0 Å². The first-order valence-electron chi connectivity index (χ1n) is 9.23. The van der Waals surface area contributed by atoms with E-state index in [9.17, 15) is 4.79 Å². The fraction of sp³-hybridized carbons (Fsp3) is 0.550. The lowest BCUT2D eigenvalue weighted by atomic mass is 10.1. The summed E-state index contributed by atoms with van der Waals surface area (Å²) in [7, 11) is 0. The monoisotopic (exact) mass is 362 g/mol. The highest BCUT2D eigenvalue weighted by molar-refractivity contribution is 7.94. The van der Waals surface area contributed by atoms with Crippen molar-refractivity contribution in [1.82, 2.24) is 9.80 Å². The zero-order valence-corrected chi connectivity index (χ0v) is 16.3. The minimum atomic E-state index is 0.100. The molecule has 0 aliphatic carbocycles. The molecule has 0 atom stereocenters. The molecule has 0 unspecified atom stereocenters. The molecule has 1 aliphatic rings. The van der Waals surface area contributed by atoms with Crippen LogP contribution in [-0.4, -0.2) is 54.7 Å². The lowest BCUT2D eigenvalue weighted by molar-refractivity contribution is -0.126. The molecular formula is C20H30N2O2S. The predicted octanol–water partition coefficient (Wildman–Crippen LogP) is 4.08. The number of carbonyl (C=O) groups is 1. The Kier molecular flexibility index (Phi) is 8.91. The summed E-state index contributed by atoms with van der Waals surface area (Å²) in [5.74, 6) is 0.924. The van der Waals surface area contributed by atoms with Gasteiger partial charge in [-0.05, 0) is 56.1 Å². The van der Waals surface area contributed by atoms with E-state index in [2.05, 4.69) is 11.8 Å². The summed E-state index contributed by atoms with van der Waals surface area (Å²) in [5, 5.41) is 0. The van der Waals surface area contributed by atoms with Gasteiger partial charge in [0.25, 0.3) is 0 Å². The molecule has 138 valence electrons. The molecule has 1 aromatic rings. The number of amides is 1. The molecule has 1 heterocycles. The van der Waals surface area contributed by atoms with Gasteiger partial charge >= 0.3 is 0 Å². The molecule has 0 aromatic heterocycles. The average molecular weight is 363 g/mol. The second-order valence-electron chi connectivity index (χ2n) is 6.38. The molecule has 1 saturated heterocycles. The van der Waals surface area contributed by atoms with Crippen LogP contribution in [0.2, 0.25) is 0 Å². The highest BCUT2D eigenvalue weighted by Crippen LogP contribution is 2.16. The fourth-order valence-electron chi connectivity index (χ4n) is 3.05. The largest absolute Gasteiger partial charge is 0.426 e. The maximum atomic E-state index is 12.5. The van der Waals surface area contributed by atoms with Gasteiger partial charge in [-0.15, -0.1) is 0 Å². The minimum Gasteiger partial charge on any atom is -0.426 e. The van der Waals surface area contributed by atoms with Crippen molar-refractivity contribution >= 4 is 24.0 Å². The normalized spacial score (nSPS) is 15.4. The molecule has 0 spiro atoms. The number of nitrogens with zero attached hydrogens (tertiary/aromatic N) is 2. The number of piperidine rings is 1. The summed E-state index contributed by atoms with van der Waals surface area (Å²) >= 11 is 1.32. The van der Waals surface area contributed by atoms with Crippen LogP contribution in [-0.2, 0) is 4.79 Å². The third-order valence-electron chi connectivity index (χ3n) is 4.42. The number of rotatable bonds is 9. The summed E-state index contributed by atoms with van der Waals surface area (Å²) in [6.07, 6.45) is 10.4. The molecule has 0 saturated carbocycles. The van der Waals surface area contributed by atoms with Crippen LogP contribution in [0.25, 0.3) is 6.08 Å². The van der Waals surface area contributed by atoms with Crippen molar-refractivity contribution in [2.75, 3.05) is 39.0 Å². The number of hydrogen-bond acceptors (Lipinski definition) is 4. The first-order chi connectivity index (χ1) is 12.2. The lowest BCUT2D eigenvalue weighted by Gasteiger charge is -2.29. The third kappa shape index (κ3) is 7.12. The number of likely N-dealkylation sites (tertiary alicyclic amines) is 1.